The summed E-state index contributed by atoms with van der Waals surface area (Å²) in [4.78, 5) is 2.57. The van der Waals surface area contributed by atoms with Crippen LogP contribution in [0.5, 0.6) is 11.5 Å². The molecular formula is C16H24N2O2. The van der Waals surface area contributed by atoms with Crippen LogP contribution >= 0.6 is 0 Å². The van der Waals surface area contributed by atoms with Gasteiger partial charge in [0.25, 0.3) is 0 Å². The molecule has 0 amide bonds. The third kappa shape index (κ3) is 3.07. The van der Waals surface area contributed by atoms with E-state index in [1.165, 1.54) is 12.0 Å². The molecule has 2 aliphatic heterocycles. The second-order valence-corrected chi connectivity index (χ2v) is 5.95. The van der Waals surface area contributed by atoms with Gasteiger partial charge in [0, 0.05) is 12.1 Å². The number of fused-ring (bicyclic) bond motifs is 1. The number of likely N-dealkylation sites (tertiary alicyclic amines) is 1. The molecule has 1 unspecified atom stereocenters. The summed E-state index contributed by atoms with van der Waals surface area (Å²) in [6, 6.07) is 7.30. The third-order valence-corrected chi connectivity index (χ3v) is 4.49. The van der Waals surface area contributed by atoms with Crippen molar-refractivity contribution in [2.24, 2.45) is 5.73 Å². The highest BCUT2D eigenvalue weighted by Crippen LogP contribution is 2.33. The Morgan fingerprint density at radius 1 is 1.25 bits per heavy atom. The van der Waals surface area contributed by atoms with E-state index in [9.17, 15) is 0 Å². The van der Waals surface area contributed by atoms with Gasteiger partial charge in [0.2, 0.25) is 6.79 Å². The molecule has 4 nitrogen and oxygen atoms in total. The van der Waals surface area contributed by atoms with Gasteiger partial charge in [0.1, 0.15) is 0 Å². The van der Waals surface area contributed by atoms with Crippen LogP contribution in [0.1, 0.15) is 31.7 Å². The first kappa shape index (κ1) is 13.7. The first-order valence-corrected chi connectivity index (χ1v) is 7.60. The summed E-state index contributed by atoms with van der Waals surface area (Å²) in [5, 5.41) is 0. The standard InChI is InChI=1S/C16H24N2O2/c1-12(18-8-6-14(17)7-9-18)2-3-13-4-5-15-16(10-13)20-11-19-15/h4-5,10,12,14H,2-3,6-9,11,17H2,1H3. The minimum absolute atomic E-state index is 0.350. The minimum Gasteiger partial charge on any atom is -0.454 e. The highest BCUT2D eigenvalue weighted by Gasteiger charge is 2.20. The Labute approximate surface area is 120 Å². The van der Waals surface area contributed by atoms with E-state index in [1.54, 1.807) is 0 Å². The summed E-state index contributed by atoms with van der Waals surface area (Å²) in [7, 11) is 0. The van der Waals surface area contributed by atoms with Crippen molar-refractivity contribution in [3.8, 4) is 11.5 Å². The van der Waals surface area contributed by atoms with Crippen molar-refractivity contribution in [2.75, 3.05) is 19.9 Å². The van der Waals surface area contributed by atoms with Crippen LogP contribution in [0.4, 0.5) is 0 Å². The van der Waals surface area contributed by atoms with E-state index in [1.807, 2.05) is 6.07 Å². The first-order chi connectivity index (χ1) is 9.72. The molecule has 2 heterocycles. The van der Waals surface area contributed by atoms with Crippen LogP contribution in [0, 0.1) is 0 Å². The molecule has 0 aliphatic carbocycles. The van der Waals surface area contributed by atoms with Crippen LogP contribution in [-0.4, -0.2) is 36.9 Å². The van der Waals surface area contributed by atoms with E-state index in [2.05, 4.69) is 24.0 Å². The lowest BCUT2D eigenvalue weighted by Gasteiger charge is -2.34. The summed E-state index contributed by atoms with van der Waals surface area (Å²) in [5.41, 5.74) is 7.29. The largest absolute Gasteiger partial charge is 0.454 e. The average Bonchev–Trinajstić information content (AvgIpc) is 2.93. The van der Waals surface area contributed by atoms with Crippen molar-refractivity contribution in [3.63, 3.8) is 0 Å². The van der Waals surface area contributed by atoms with Crippen molar-refractivity contribution in [3.05, 3.63) is 23.8 Å². The second kappa shape index (κ2) is 6.02. The lowest BCUT2D eigenvalue weighted by Crippen LogP contribution is -2.44. The van der Waals surface area contributed by atoms with Gasteiger partial charge in [-0.3, -0.25) is 0 Å². The molecule has 1 fully saturated rings. The van der Waals surface area contributed by atoms with Gasteiger partial charge in [-0.05, 0) is 63.4 Å². The van der Waals surface area contributed by atoms with Crippen LogP contribution < -0.4 is 15.2 Å². The fraction of sp³-hybridized carbons (Fsp3) is 0.625. The van der Waals surface area contributed by atoms with Gasteiger partial charge in [-0.25, -0.2) is 0 Å². The number of nitrogens with zero attached hydrogens (tertiary/aromatic N) is 1. The molecule has 0 spiro atoms. The molecule has 1 atom stereocenters. The number of piperidine rings is 1. The minimum atomic E-state index is 0.350. The Morgan fingerprint density at radius 3 is 2.80 bits per heavy atom. The number of benzene rings is 1. The molecule has 2 aliphatic rings. The Bertz CT molecular complexity index is 456. The molecule has 1 aromatic rings. The number of aryl methyl sites for hydroxylation is 1. The summed E-state index contributed by atoms with van der Waals surface area (Å²) in [5.74, 6) is 1.76. The Hall–Kier alpha value is -1.26. The zero-order chi connectivity index (χ0) is 13.9. The predicted octanol–water partition coefficient (Wildman–Crippen LogP) is 2.16. The quantitative estimate of drug-likeness (QED) is 0.915. The first-order valence-electron chi connectivity index (χ1n) is 7.60. The molecule has 1 saturated heterocycles. The van der Waals surface area contributed by atoms with Crippen LogP contribution in [0.2, 0.25) is 0 Å². The van der Waals surface area contributed by atoms with Gasteiger partial charge in [-0.2, -0.15) is 0 Å². The molecule has 0 saturated carbocycles. The maximum Gasteiger partial charge on any atom is 0.231 e. The number of ether oxygens (including phenoxy) is 2. The van der Waals surface area contributed by atoms with Gasteiger partial charge in [0.05, 0.1) is 0 Å². The Kier molecular flexibility index (Phi) is 4.13. The lowest BCUT2D eigenvalue weighted by atomic mass is 10.0. The van der Waals surface area contributed by atoms with E-state index < -0.39 is 0 Å². The topological polar surface area (TPSA) is 47.7 Å². The lowest BCUT2D eigenvalue weighted by molar-refractivity contribution is 0.156. The van der Waals surface area contributed by atoms with Crippen molar-refractivity contribution >= 4 is 0 Å². The Morgan fingerprint density at radius 2 is 2.00 bits per heavy atom. The third-order valence-electron chi connectivity index (χ3n) is 4.49. The fourth-order valence-electron chi connectivity index (χ4n) is 3.01. The van der Waals surface area contributed by atoms with E-state index in [0.717, 1.165) is 43.9 Å². The predicted molar refractivity (Wildman–Crippen MR) is 79.1 cm³/mol. The summed E-state index contributed by atoms with van der Waals surface area (Å²) < 4.78 is 10.8. The van der Waals surface area contributed by atoms with Gasteiger partial charge >= 0.3 is 0 Å². The van der Waals surface area contributed by atoms with Crippen molar-refractivity contribution in [1.29, 1.82) is 0 Å². The smallest absolute Gasteiger partial charge is 0.231 e. The number of nitrogens with two attached hydrogens (primary N) is 1. The van der Waals surface area contributed by atoms with Crippen LogP contribution in [0.3, 0.4) is 0 Å². The maximum atomic E-state index is 5.96. The maximum absolute atomic E-state index is 5.96. The van der Waals surface area contributed by atoms with Crippen molar-refractivity contribution < 1.29 is 9.47 Å². The van der Waals surface area contributed by atoms with E-state index in [4.69, 9.17) is 15.2 Å². The molecule has 0 bridgehead atoms. The molecule has 0 aromatic heterocycles. The zero-order valence-corrected chi connectivity index (χ0v) is 12.2. The van der Waals surface area contributed by atoms with Crippen LogP contribution in [-0.2, 0) is 6.42 Å². The average molecular weight is 276 g/mol. The second-order valence-electron chi connectivity index (χ2n) is 5.95. The van der Waals surface area contributed by atoms with E-state index >= 15 is 0 Å². The molecule has 4 heteroatoms. The molecule has 0 radical (unpaired) electrons. The normalized spacial score (nSPS) is 21.1. The number of hydrogen-bond donors (Lipinski definition) is 1. The van der Waals surface area contributed by atoms with Gasteiger partial charge in [-0.15, -0.1) is 0 Å². The van der Waals surface area contributed by atoms with Crippen molar-refractivity contribution in [1.82, 2.24) is 4.90 Å². The highest BCUT2D eigenvalue weighted by atomic mass is 16.7. The summed E-state index contributed by atoms with van der Waals surface area (Å²) in [6.07, 6.45) is 4.53. The molecule has 110 valence electrons. The molecule has 3 rings (SSSR count). The molecule has 2 N–H and O–H groups in total. The Balaban J connectivity index is 1.51. The van der Waals surface area contributed by atoms with Gasteiger partial charge in [0.15, 0.2) is 11.5 Å². The monoisotopic (exact) mass is 276 g/mol. The fourth-order valence-corrected chi connectivity index (χ4v) is 3.01. The number of rotatable bonds is 4. The van der Waals surface area contributed by atoms with E-state index in [-0.39, 0.29) is 0 Å². The zero-order valence-electron chi connectivity index (χ0n) is 12.2. The highest BCUT2D eigenvalue weighted by molar-refractivity contribution is 5.44. The summed E-state index contributed by atoms with van der Waals surface area (Å²) >= 11 is 0. The SMILES string of the molecule is CC(CCc1ccc2c(c1)OCO2)N1CCC(N)CC1. The van der Waals surface area contributed by atoms with Crippen LogP contribution in [0.15, 0.2) is 18.2 Å². The van der Waals surface area contributed by atoms with Crippen LogP contribution in [0.25, 0.3) is 0 Å². The van der Waals surface area contributed by atoms with Gasteiger partial charge < -0.3 is 20.1 Å². The summed E-state index contributed by atoms with van der Waals surface area (Å²) in [6.45, 7) is 4.96. The number of hydrogen-bond acceptors (Lipinski definition) is 4. The molecule has 20 heavy (non-hydrogen) atoms. The van der Waals surface area contributed by atoms with Crippen molar-refractivity contribution in [2.45, 2.75) is 44.7 Å². The van der Waals surface area contributed by atoms with Gasteiger partial charge in [-0.1, -0.05) is 6.07 Å². The molecule has 1 aromatic carbocycles. The van der Waals surface area contributed by atoms with E-state index in [0.29, 0.717) is 18.9 Å². The molecular weight excluding hydrogens is 252 g/mol.